The molecule has 2 heterocycles. The summed E-state index contributed by atoms with van der Waals surface area (Å²) in [6.45, 7) is 2.24. The first kappa shape index (κ1) is 13.6. The molecular formula is C14H16BrN3O2. The summed E-state index contributed by atoms with van der Waals surface area (Å²) in [4.78, 5) is 7.80. The molecule has 3 rings (SSSR count). The zero-order chi connectivity index (χ0) is 13.9. The van der Waals surface area contributed by atoms with E-state index in [1.807, 2.05) is 24.4 Å². The van der Waals surface area contributed by atoms with Crippen LogP contribution in [0.1, 0.15) is 11.9 Å². The standard InChI is InChI=1S/C14H16BrN3O2/c1-19-13-3-2-9(15)6-10(13)11-7-17-14(18-11)12-8-20-5-4-16-12/h2-3,6-7,12,16H,4-5,8H2,1H3,(H,17,18). The molecule has 0 bridgehead atoms. The van der Waals surface area contributed by atoms with Crippen molar-refractivity contribution in [2.24, 2.45) is 0 Å². The average molecular weight is 338 g/mol. The van der Waals surface area contributed by atoms with E-state index in [9.17, 15) is 0 Å². The van der Waals surface area contributed by atoms with Crippen LogP contribution >= 0.6 is 15.9 Å². The van der Waals surface area contributed by atoms with E-state index in [0.717, 1.165) is 40.5 Å². The SMILES string of the molecule is COc1ccc(Br)cc1-c1cnc(C2COCCN2)[nH]1. The number of nitrogens with one attached hydrogen (secondary N) is 2. The molecule has 0 saturated carbocycles. The molecule has 1 aromatic heterocycles. The van der Waals surface area contributed by atoms with Gasteiger partial charge in [0.25, 0.3) is 0 Å². The molecule has 2 N–H and O–H groups in total. The Morgan fingerprint density at radius 2 is 2.35 bits per heavy atom. The van der Waals surface area contributed by atoms with Crippen LogP contribution in [-0.4, -0.2) is 36.8 Å². The number of aromatic amines is 1. The van der Waals surface area contributed by atoms with E-state index >= 15 is 0 Å². The maximum Gasteiger partial charge on any atom is 0.128 e. The average Bonchev–Trinajstić information content (AvgIpc) is 2.98. The number of halogens is 1. The van der Waals surface area contributed by atoms with Crippen LogP contribution in [0.3, 0.4) is 0 Å². The predicted octanol–water partition coefficient (Wildman–Crippen LogP) is 2.51. The van der Waals surface area contributed by atoms with Gasteiger partial charge in [0.05, 0.1) is 38.3 Å². The molecule has 0 radical (unpaired) electrons. The highest BCUT2D eigenvalue weighted by Crippen LogP contribution is 2.32. The Bertz CT molecular complexity index is 594. The third-order valence-corrected chi connectivity index (χ3v) is 3.79. The van der Waals surface area contributed by atoms with E-state index in [1.54, 1.807) is 7.11 Å². The van der Waals surface area contributed by atoms with Crippen molar-refractivity contribution in [3.05, 3.63) is 34.7 Å². The molecule has 1 saturated heterocycles. The van der Waals surface area contributed by atoms with Gasteiger partial charge < -0.3 is 19.8 Å². The molecular weight excluding hydrogens is 322 g/mol. The van der Waals surface area contributed by atoms with E-state index in [2.05, 4.69) is 31.2 Å². The third-order valence-electron chi connectivity index (χ3n) is 3.30. The van der Waals surface area contributed by atoms with Gasteiger partial charge >= 0.3 is 0 Å². The van der Waals surface area contributed by atoms with Crippen LogP contribution in [0.4, 0.5) is 0 Å². The number of hydrogen-bond donors (Lipinski definition) is 2. The number of methoxy groups -OCH3 is 1. The highest BCUT2D eigenvalue weighted by molar-refractivity contribution is 9.10. The Morgan fingerprint density at radius 3 is 3.10 bits per heavy atom. The number of hydrogen-bond acceptors (Lipinski definition) is 4. The maximum atomic E-state index is 5.46. The molecule has 1 unspecified atom stereocenters. The Morgan fingerprint density at radius 1 is 1.45 bits per heavy atom. The maximum absolute atomic E-state index is 5.46. The van der Waals surface area contributed by atoms with Crippen molar-refractivity contribution in [2.45, 2.75) is 6.04 Å². The summed E-state index contributed by atoms with van der Waals surface area (Å²) in [5.41, 5.74) is 1.92. The number of imidazole rings is 1. The summed E-state index contributed by atoms with van der Waals surface area (Å²) in [5.74, 6) is 1.71. The number of ether oxygens (including phenoxy) is 2. The van der Waals surface area contributed by atoms with E-state index in [0.29, 0.717) is 6.61 Å². The van der Waals surface area contributed by atoms with Gasteiger partial charge in [0.2, 0.25) is 0 Å². The first-order valence-corrected chi connectivity index (χ1v) is 7.27. The second-order valence-electron chi connectivity index (χ2n) is 4.61. The summed E-state index contributed by atoms with van der Waals surface area (Å²) in [5, 5.41) is 3.38. The van der Waals surface area contributed by atoms with Crippen LogP contribution in [0.15, 0.2) is 28.9 Å². The lowest BCUT2D eigenvalue weighted by molar-refractivity contribution is 0.0745. The molecule has 5 nitrogen and oxygen atoms in total. The largest absolute Gasteiger partial charge is 0.496 e. The minimum Gasteiger partial charge on any atom is -0.496 e. The van der Waals surface area contributed by atoms with Gasteiger partial charge in [-0.1, -0.05) is 15.9 Å². The van der Waals surface area contributed by atoms with Gasteiger partial charge in [0, 0.05) is 16.6 Å². The molecule has 1 fully saturated rings. The molecule has 0 spiro atoms. The van der Waals surface area contributed by atoms with Crippen molar-refractivity contribution >= 4 is 15.9 Å². The van der Waals surface area contributed by atoms with E-state index in [4.69, 9.17) is 9.47 Å². The molecule has 1 aliphatic rings. The zero-order valence-electron chi connectivity index (χ0n) is 11.1. The number of aromatic nitrogens is 2. The number of benzene rings is 1. The second-order valence-corrected chi connectivity index (χ2v) is 5.52. The lowest BCUT2D eigenvalue weighted by Crippen LogP contribution is -2.35. The van der Waals surface area contributed by atoms with Crippen LogP contribution in [-0.2, 0) is 4.74 Å². The fourth-order valence-corrected chi connectivity index (χ4v) is 2.64. The zero-order valence-corrected chi connectivity index (χ0v) is 12.7. The number of rotatable bonds is 3. The van der Waals surface area contributed by atoms with Crippen LogP contribution in [0.5, 0.6) is 5.75 Å². The molecule has 2 aromatic rings. The van der Waals surface area contributed by atoms with Gasteiger partial charge in [-0.05, 0) is 18.2 Å². The molecule has 1 atom stereocenters. The highest BCUT2D eigenvalue weighted by atomic mass is 79.9. The minimum atomic E-state index is 0.121. The van der Waals surface area contributed by atoms with Crippen LogP contribution in [0, 0.1) is 0 Å². The van der Waals surface area contributed by atoms with Crippen molar-refractivity contribution < 1.29 is 9.47 Å². The summed E-state index contributed by atoms with van der Waals surface area (Å²) in [7, 11) is 1.67. The monoisotopic (exact) mass is 337 g/mol. The molecule has 20 heavy (non-hydrogen) atoms. The lowest BCUT2D eigenvalue weighted by Gasteiger charge is -2.21. The number of H-pyrrole nitrogens is 1. The molecule has 106 valence electrons. The fourth-order valence-electron chi connectivity index (χ4n) is 2.28. The molecule has 0 aliphatic carbocycles. The Kier molecular flexibility index (Phi) is 4.05. The molecule has 6 heteroatoms. The van der Waals surface area contributed by atoms with Crippen molar-refractivity contribution in [2.75, 3.05) is 26.9 Å². The smallest absolute Gasteiger partial charge is 0.128 e. The summed E-state index contributed by atoms with van der Waals surface area (Å²) >= 11 is 3.48. The molecule has 1 aromatic carbocycles. The van der Waals surface area contributed by atoms with Gasteiger partial charge in [-0.3, -0.25) is 0 Å². The van der Waals surface area contributed by atoms with Gasteiger partial charge in [-0.15, -0.1) is 0 Å². The number of morpholine rings is 1. The van der Waals surface area contributed by atoms with E-state index in [-0.39, 0.29) is 6.04 Å². The van der Waals surface area contributed by atoms with Gasteiger partial charge in [0.1, 0.15) is 11.6 Å². The van der Waals surface area contributed by atoms with Gasteiger partial charge in [-0.25, -0.2) is 4.98 Å². The van der Waals surface area contributed by atoms with E-state index < -0.39 is 0 Å². The van der Waals surface area contributed by atoms with Crippen LogP contribution in [0.25, 0.3) is 11.3 Å². The Labute approximate surface area is 125 Å². The first-order valence-electron chi connectivity index (χ1n) is 6.48. The lowest BCUT2D eigenvalue weighted by atomic mass is 10.1. The summed E-state index contributed by atoms with van der Waals surface area (Å²) in [6.07, 6.45) is 1.83. The summed E-state index contributed by atoms with van der Waals surface area (Å²) < 4.78 is 11.9. The summed E-state index contributed by atoms with van der Waals surface area (Å²) in [6, 6.07) is 6.02. The normalized spacial score (nSPS) is 19.0. The first-order chi connectivity index (χ1) is 9.78. The molecule has 0 amide bonds. The topological polar surface area (TPSA) is 59.2 Å². The predicted molar refractivity (Wildman–Crippen MR) is 79.8 cm³/mol. The minimum absolute atomic E-state index is 0.121. The van der Waals surface area contributed by atoms with Gasteiger partial charge in [-0.2, -0.15) is 0 Å². The van der Waals surface area contributed by atoms with Crippen LogP contribution in [0.2, 0.25) is 0 Å². The Balaban J connectivity index is 1.91. The highest BCUT2D eigenvalue weighted by Gasteiger charge is 2.19. The van der Waals surface area contributed by atoms with Crippen molar-refractivity contribution in [1.29, 1.82) is 0 Å². The van der Waals surface area contributed by atoms with Crippen molar-refractivity contribution in [3.8, 4) is 17.0 Å². The second kappa shape index (κ2) is 5.95. The van der Waals surface area contributed by atoms with Crippen molar-refractivity contribution in [1.82, 2.24) is 15.3 Å². The van der Waals surface area contributed by atoms with Crippen molar-refractivity contribution in [3.63, 3.8) is 0 Å². The Hall–Kier alpha value is -1.37. The number of nitrogens with zero attached hydrogens (tertiary/aromatic N) is 1. The van der Waals surface area contributed by atoms with Gasteiger partial charge in [0.15, 0.2) is 0 Å². The quantitative estimate of drug-likeness (QED) is 0.903. The van der Waals surface area contributed by atoms with Crippen LogP contribution < -0.4 is 10.1 Å². The fraction of sp³-hybridized carbons (Fsp3) is 0.357. The van der Waals surface area contributed by atoms with E-state index in [1.165, 1.54) is 0 Å². The third kappa shape index (κ3) is 2.72. The molecule has 1 aliphatic heterocycles.